The molecule has 1 N–H and O–H groups in total. The molecule has 14 nitrogen and oxygen atoms in total. The van der Waals surface area contributed by atoms with Gasteiger partial charge in [-0.05, 0) is 84.3 Å². The van der Waals surface area contributed by atoms with E-state index in [4.69, 9.17) is 52.8 Å². The first-order chi connectivity index (χ1) is 42.9. The normalized spacial score (nSPS) is 15.8. The van der Waals surface area contributed by atoms with E-state index in [1.54, 1.807) is 0 Å². The summed E-state index contributed by atoms with van der Waals surface area (Å²) in [5, 5.41) is 15.4. The van der Waals surface area contributed by atoms with E-state index < -0.39 is 15.0 Å². The molecule has 0 unspecified atom stereocenters. The van der Waals surface area contributed by atoms with E-state index in [0.29, 0.717) is 85.5 Å². The number of nitrogens with one attached hydrogen (secondary N) is 1. The summed E-state index contributed by atoms with van der Waals surface area (Å²) in [7, 11) is -4.54. The van der Waals surface area contributed by atoms with Crippen molar-refractivity contribution in [1.29, 1.82) is 0 Å². The van der Waals surface area contributed by atoms with Gasteiger partial charge in [0.2, 0.25) is 0 Å². The topological polar surface area (TPSA) is 139 Å². The summed E-state index contributed by atoms with van der Waals surface area (Å²) in [5.41, 5.74) is 4.45. The molecule has 0 amide bonds. The molecule has 0 aliphatic carbocycles. The minimum atomic E-state index is -4.54. The zero-order chi connectivity index (χ0) is 59.2. The molecule has 444 valence electrons. The molecule has 6 bridgehead atoms. The standard InChI is InChI=1S/C72H76N8O6Si/c1-7-13-35-81-61-49-31-23-19-27-45(49)41-53-57(61)67-73-65(53)75-71-60-56(44-48-30-22-26-34-52(48)64(60)84-38-16-10-4)70-78-68-58-54(42-46-28-20-24-32-50(46)62(58)82-36-14-8-2)66(74-68)76-72-59-55(43-47-29-21-25-33-51(47)63(59)83-37-15-9-3)69(77-67)79(72)87(80(70)71,85-39-17-11-5)86-40-18-12-6/h19-34,41-44,65,75H,7-18,35-40H2,1-6H3/b76-72?,77-69?,78-68-/t65-/m0/s1. The zero-order valence-corrected chi connectivity index (χ0v) is 51.9. The van der Waals surface area contributed by atoms with Crippen LogP contribution in [0.1, 0.15) is 147 Å². The lowest BCUT2D eigenvalue weighted by Gasteiger charge is -2.34. The average Bonchev–Trinajstić information content (AvgIpc) is 1.56. The van der Waals surface area contributed by atoms with Crippen molar-refractivity contribution in [1.82, 2.24) is 8.47 Å². The molecule has 14 rings (SSSR count). The molecule has 0 radical (unpaired) electrons. The first-order valence-electron chi connectivity index (χ1n) is 32.0. The molecule has 6 heterocycles. The Morgan fingerprint density at radius 3 is 1.44 bits per heavy atom. The van der Waals surface area contributed by atoms with Gasteiger partial charge in [0.1, 0.15) is 51.8 Å². The van der Waals surface area contributed by atoms with Crippen LogP contribution in [0.15, 0.2) is 146 Å². The van der Waals surface area contributed by atoms with Crippen LogP contribution in [0.2, 0.25) is 0 Å². The number of benzene rings is 8. The number of aliphatic imine (C=N–C) groups is 3. The van der Waals surface area contributed by atoms with Gasteiger partial charge in [-0.2, -0.15) is 0 Å². The highest BCUT2D eigenvalue weighted by atomic mass is 28.4. The first kappa shape index (κ1) is 56.4. The summed E-state index contributed by atoms with van der Waals surface area (Å²) in [5.74, 6) is 5.64. The van der Waals surface area contributed by atoms with Crippen LogP contribution in [-0.4, -0.2) is 74.5 Å². The van der Waals surface area contributed by atoms with Crippen molar-refractivity contribution in [2.24, 2.45) is 25.0 Å². The Labute approximate surface area is 508 Å². The molecule has 0 fully saturated rings. The Morgan fingerprint density at radius 1 is 0.414 bits per heavy atom. The molecular weight excluding hydrogens is 1100 g/mol. The SMILES string of the molecule is CCCCOc1c2c(cc3ccccc13)[C@H]1N=C2N=c2c3cc4ccccc4c(OCCCC)c3c3n2[Si](OCCCC)(OCCCC)n2c(c4cc5ccccc5c(OCCCC)c4c2N1)/N=C1\N=C(N=3)c2cc3ccccc3c(OCCCC)c21. The Morgan fingerprint density at radius 2 is 0.874 bits per heavy atom. The summed E-state index contributed by atoms with van der Waals surface area (Å²) in [6, 6.07) is 42.9. The van der Waals surface area contributed by atoms with Crippen LogP contribution in [-0.2, 0) is 8.85 Å². The number of aromatic nitrogens is 2. The van der Waals surface area contributed by atoms with Crippen LogP contribution in [0.25, 0.3) is 64.6 Å². The maximum atomic E-state index is 8.07. The maximum Gasteiger partial charge on any atom is 0.603 e. The molecule has 2 aromatic heterocycles. The number of hydrogen-bond donors (Lipinski definition) is 1. The van der Waals surface area contributed by atoms with Gasteiger partial charge in [-0.1, -0.05) is 177 Å². The van der Waals surface area contributed by atoms with Crippen molar-refractivity contribution in [3.05, 3.63) is 155 Å². The van der Waals surface area contributed by atoms with E-state index in [1.165, 1.54) is 0 Å². The van der Waals surface area contributed by atoms with Gasteiger partial charge in [-0.15, -0.1) is 0 Å². The fourth-order valence-electron chi connectivity index (χ4n) is 12.8. The molecule has 0 saturated heterocycles. The van der Waals surface area contributed by atoms with Crippen LogP contribution in [0.4, 0.5) is 11.6 Å². The number of rotatable bonds is 24. The summed E-state index contributed by atoms with van der Waals surface area (Å²) < 4.78 is 49.4. The van der Waals surface area contributed by atoms with Crippen molar-refractivity contribution in [2.75, 3.05) is 45.0 Å². The molecule has 87 heavy (non-hydrogen) atoms. The van der Waals surface area contributed by atoms with E-state index in [-0.39, 0.29) is 0 Å². The fraction of sp³-hybridized carbons (Fsp3) is 0.347. The Kier molecular flexibility index (Phi) is 15.6. The van der Waals surface area contributed by atoms with Crippen molar-refractivity contribution < 1.29 is 27.8 Å². The minimum absolute atomic E-state index is 0.350. The van der Waals surface area contributed by atoms with E-state index in [9.17, 15) is 0 Å². The first-order valence-corrected chi connectivity index (χ1v) is 33.7. The number of nitrogens with zero attached hydrogens (tertiary/aromatic N) is 7. The summed E-state index contributed by atoms with van der Waals surface area (Å²) in [4.78, 5) is 29.6. The number of anilines is 1. The Hall–Kier alpha value is -8.37. The lowest BCUT2D eigenvalue weighted by atomic mass is 9.98. The highest BCUT2D eigenvalue weighted by Gasteiger charge is 2.54. The molecule has 0 saturated carbocycles. The highest BCUT2D eigenvalue weighted by molar-refractivity contribution is 6.66. The summed E-state index contributed by atoms with van der Waals surface area (Å²) in [6.45, 7) is 15.9. The van der Waals surface area contributed by atoms with Gasteiger partial charge in [0, 0.05) is 56.7 Å². The Bertz CT molecular complexity index is 4570. The van der Waals surface area contributed by atoms with Crippen LogP contribution >= 0.6 is 0 Å². The van der Waals surface area contributed by atoms with Gasteiger partial charge < -0.3 is 33.1 Å². The number of amidine groups is 3. The molecular formula is C72H76N8O6Si. The average molecular weight is 1180 g/mol. The van der Waals surface area contributed by atoms with Crippen molar-refractivity contribution in [3.8, 4) is 23.0 Å². The number of unbranched alkanes of at least 4 members (excludes halogenated alkanes) is 6. The van der Waals surface area contributed by atoms with Gasteiger partial charge in [-0.25, -0.2) is 25.0 Å². The molecule has 4 aliphatic rings. The zero-order valence-electron chi connectivity index (χ0n) is 50.9. The fourth-order valence-corrected chi connectivity index (χ4v) is 16.2. The smallest absolute Gasteiger partial charge is 0.492 e. The van der Waals surface area contributed by atoms with Gasteiger partial charge in [0.25, 0.3) is 0 Å². The predicted octanol–water partition coefficient (Wildman–Crippen LogP) is 16.4. The predicted molar refractivity (Wildman–Crippen MR) is 355 cm³/mol. The van der Waals surface area contributed by atoms with E-state index in [0.717, 1.165) is 181 Å². The van der Waals surface area contributed by atoms with Gasteiger partial charge in [0.15, 0.2) is 17.5 Å². The largest absolute Gasteiger partial charge is 0.603 e. The highest BCUT2D eigenvalue weighted by Crippen LogP contribution is 2.52. The summed E-state index contributed by atoms with van der Waals surface area (Å²) >= 11 is 0. The van der Waals surface area contributed by atoms with Gasteiger partial charge >= 0.3 is 8.88 Å². The van der Waals surface area contributed by atoms with Crippen molar-refractivity contribution in [2.45, 2.75) is 125 Å². The third-order valence-electron chi connectivity index (χ3n) is 17.3. The second-order valence-electron chi connectivity index (χ2n) is 23.3. The van der Waals surface area contributed by atoms with Crippen molar-refractivity contribution in [3.63, 3.8) is 0 Å². The minimum Gasteiger partial charge on any atom is -0.492 e. The van der Waals surface area contributed by atoms with Crippen LogP contribution < -0.4 is 35.2 Å². The van der Waals surface area contributed by atoms with Gasteiger partial charge in [0.05, 0.1) is 48.3 Å². The molecule has 0 spiro atoms. The van der Waals surface area contributed by atoms with E-state index in [2.05, 4.69) is 177 Å². The van der Waals surface area contributed by atoms with Crippen LogP contribution in [0.3, 0.4) is 0 Å². The summed E-state index contributed by atoms with van der Waals surface area (Å²) in [6.07, 6.45) is 9.84. The maximum absolute atomic E-state index is 8.07. The van der Waals surface area contributed by atoms with Crippen molar-refractivity contribution >= 4 is 103 Å². The third-order valence-corrected chi connectivity index (χ3v) is 20.5. The quantitative estimate of drug-likeness (QED) is 0.0469. The second kappa shape index (κ2) is 24.1. The number of ether oxygens (including phenoxy) is 4. The molecule has 1 atom stereocenters. The van der Waals surface area contributed by atoms with E-state index in [1.807, 2.05) is 0 Å². The lowest BCUT2D eigenvalue weighted by Crippen LogP contribution is -2.64. The second-order valence-corrected chi connectivity index (χ2v) is 25.9. The van der Waals surface area contributed by atoms with Gasteiger partial charge in [-0.3, -0.25) is 8.47 Å². The van der Waals surface area contributed by atoms with Crippen LogP contribution in [0, 0.1) is 0 Å². The lowest BCUT2D eigenvalue weighted by molar-refractivity contribution is 0.144. The molecule has 15 heteroatoms. The molecule has 4 aliphatic heterocycles. The van der Waals surface area contributed by atoms with Crippen LogP contribution in [0.5, 0.6) is 23.0 Å². The molecule has 10 aromatic rings. The number of hydrogen-bond acceptors (Lipinski definition) is 12. The third kappa shape index (κ3) is 9.55. The number of fused-ring (bicyclic) bond motifs is 18. The van der Waals surface area contributed by atoms with E-state index >= 15 is 0 Å². The molecule has 8 aromatic carbocycles. The monoisotopic (exact) mass is 1180 g/mol. The Balaban J connectivity index is 1.26.